The molecular formula is C26H31ClN2O7. The number of likely N-dealkylation sites (tertiary alicyclic amines) is 1. The van der Waals surface area contributed by atoms with E-state index in [1.807, 2.05) is 30.3 Å². The number of halogens is 1. The highest BCUT2D eigenvalue weighted by atomic mass is 35.5. The molecule has 1 heterocycles. The summed E-state index contributed by atoms with van der Waals surface area (Å²) in [6.45, 7) is 6.04. The van der Waals surface area contributed by atoms with Crippen molar-refractivity contribution in [2.24, 2.45) is 0 Å². The lowest BCUT2D eigenvalue weighted by molar-refractivity contribution is -0.159. The van der Waals surface area contributed by atoms with Gasteiger partial charge in [-0.05, 0) is 37.5 Å². The molecule has 3 rings (SSSR count). The van der Waals surface area contributed by atoms with Gasteiger partial charge in [0.15, 0.2) is 0 Å². The number of piperidine rings is 1. The molecule has 0 aliphatic carbocycles. The van der Waals surface area contributed by atoms with Crippen LogP contribution in [0.2, 0.25) is 5.02 Å². The molecule has 0 bridgehead atoms. The normalized spacial score (nSPS) is 14.6. The van der Waals surface area contributed by atoms with Crippen molar-refractivity contribution in [2.45, 2.75) is 45.2 Å². The number of amides is 1. The fraction of sp³-hybridized carbons (Fsp3) is 0.385. The molecule has 9 nitrogen and oxygen atoms in total. The van der Waals surface area contributed by atoms with Gasteiger partial charge in [0.05, 0.1) is 17.3 Å². The third-order valence-corrected chi connectivity index (χ3v) is 6.16. The highest BCUT2D eigenvalue weighted by molar-refractivity contribution is 6.34. The molecule has 36 heavy (non-hydrogen) atoms. The summed E-state index contributed by atoms with van der Waals surface area (Å²) in [5, 5.41) is 15.2. The van der Waals surface area contributed by atoms with Gasteiger partial charge in [0.2, 0.25) is 5.91 Å². The van der Waals surface area contributed by atoms with E-state index in [4.69, 9.17) is 36.1 Å². The van der Waals surface area contributed by atoms with Crippen LogP contribution in [0.3, 0.4) is 0 Å². The Bertz CT molecular complexity index is 1040. The molecule has 0 aromatic heterocycles. The average Bonchev–Trinajstić information content (AvgIpc) is 2.87. The van der Waals surface area contributed by atoms with Gasteiger partial charge in [0.25, 0.3) is 0 Å². The third kappa shape index (κ3) is 7.29. The van der Waals surface area contributed by atoms with Gasteiger partial charge < -0.3 is 14.9 Å². The Morgan fingerprint density at radius 2 is 1.50 bits per heavy atom. The second-order valence-electron chi connectivity index (χ2n) is 8.16. The number of carbonyl (C=O) groups excluding carboxylic acids is 2. The van der Waals surface area contributed by atoms with Gasteiger partial charge in [0, 0.05) is 26.1 Å². The summed E-state index contributed by atoms with van der Waals surface area (Å²) in [5.74, 6) is -4.14. The predicted octanol–water partition coefficient (Wildman–Crippen LogP) is 3.84. The van der Waals surface area contributed by atoms with Crippen molar-refractivity contribution in [3.05, 3.63) is 65.2 Å². The van der Waals surface area contributed by atoms with E-state index in [1.54, 1.807) is 30.9 Å². The minimum absolute atomic E-state index is 0.132. The van der Waals surface area contributed by atoms with Crippen LogP contribution in [-0.4, -0.2) is 64.2 Å². The van der Waals surface area contributed by atoms with Crippen LogP contribution in [0.1, 0.15) is 38.7 Å². The van der Waals surface area contributed by atoms with E-state index in [2.05, 4.69) is 17.0 Å². The Balaban J connectivity index is 0.000000678. The summed E-state index contributed by atoms with van der Waals surface area (Å²) >= 11 is 6.46. The zero-order valence-electron chi connectivity index (χ0n) is 20.4. The topological polar surface area (TPSA) is 124 Å². The molecule has 0 saturated carbocycles. The van der Waals surface area contributed by atoms with Crippen molar-refractivity contribution < 1.29 is 34.1 Å². The predicted molar refractivity (Wildman–Crippen MR) is 135 cm³/mol. The van der Waals surface area contributed by atoms with E-state index in [9.17, 15) is 9.59 Å². The van der Waals surface area contributed by atoms with Crippen LogP contribution in [0, 0.1) is 0 Å². The van der Waals surface area contributed by atoms with Crippen LogP contribution < -0.4 is 4.90 Å². The van der Waals surface area contributed by atoms with Crippen LogP contribution in [0.25, 0.3) is 0 Å². The monoisotopic (exact) mass is 518 g/mol. The Morgan fingerprint density at radius 3 is 2.00 bits per heavy atom. The van der Waals surface area contributed by atoms with E-state index >= 15 is 0 Å². The molecule has 2 aromatic carbocycles. The molecule has 194 valence electrons. The third-order valence-electron chi connectivity index (χ3n) is 5.84. The quantitative estimate of drug-likeness (QED) is 0.418. The number of carboxylic acids is 2. The zero-order valence-corrected chi connectivity index (χ0v) is 21.1. The summed E-state index contributed by atoms with van der Waals surface area (Å²) in [6.07, 6.45) is 1.27. The Kier molecular flexibility index (Phi) is 10.9. The number of esters is 1. The van der Waals surface area contributed by atoms with E-state index in [0.717, 1.165) is 6.54 Å². The highest BCUT2D eigenvalue weighted by Crippen LogP contribution is 2.38. The minimum atomic E-state index is -1.82. The molecule has 1 fully saturated rings. The summed E-state index contributed by atoms with van der Waals surface area (Å²) in [6, 6.07) is 17.5. The van der Waals surface area contributed by atoms with Crippen molar-refractivity contribution in [1.29, 1.82) is 0 Å². The Hall–Kier alpha value is -3.43. The van der Waals surface area contributed by atoms with Gasteiger partial charge in [-0.3, -0.25) is 14.6 Å². The number of carbonyl (C=O) groups is 4. The molecule has 1 amide bonds. The van der Waals surface area contributed by atoms with Crippen LogP contribution in [0.5, 0.6) is 0 Å². The molecule has 2 N–H and O–H groups in total. The van der Waals surface area contributed by atoms with E-state index in [-0.39, 0.29) is 24.9 Å². The Morgan fingerprint density at radius 1 is 0.944 bits per heavy atom. The largest absolute Gasteiger partial charge is 0.473 e. The minimum Gasteiger partial charge on any atom is -0.473 e. The number of hydrogen-bond acceptors (Lipinski definition) is 6. The average molecular weight is 519 g/mol. The maximum atomic E-state index is 13.3. The standard InChI is InChI=1S/C24H29ClN2O3.C2H2O4/c1-3-22(28)27(21-13-9-8-12-20(21)25)24(23(29)30-4-2)14-16-26(17-15-24)18-19-10-6-5-7-11-19;3-1(4)2(5)6/h5-13H,3-4,14-18H2,1-2H3;(H,3,4)(H,5,6). The zero-order chi connectivity index (χ0) is 26.7. The van der Waals surface area contributed by atoms with E-state index < -0.39 is 17.5 Å². The number of benzene rings is 2. The first-order valence-corrected chi connectivity index (χ1v) is 12.0. The molecule has 1 aliphatic heterocycles. The van der Waals surface area contributed by atoms with Crippen LogP contribution >= 0.6 is 11.6 Å². The fourth-order valence-electron chi connectivity index (χ4n) is 4.10. The van der Waals surface area contributed by atoms with E-state index in [0.29, 0.717) is 36.6 Å². The van der Waals surface area contributed by atoms with Gasteiger partial charge in [0.1, 0.15) is 5.54 Å². The van der Waals surface area contributed by atoms with Gasteiger partial charge in [-0.25, -0.2) is 14.4 Å². The lowest BCUT2D eigenvalue weighted by atomic mass is 9.84. The lowest BCUT2D eigenvalue weighted by Crippen LogP contribution is -2.62. The fourth-order valence-corrected chi connectivity index (χ4v) is 4.32. The highest BCUT2D eigenvalue weighted by Gasteiger charge is 2.50. The van der Waals surface area contributed by atoms with E-state index in [1.165, 1.54) is 5.56 Å². The Labute approximate surface area is 215 Å². The smallest absolute Gasteiger partial charge is 0.414 e. The SMILES string of the molecule is CCOC(=O)C1(N(C(=O)CC)c2ccccc2Cl)CCN(Cc2ccccc2)CC1.O=C(O)C(=O)O. The summed E-state index contributed by atoms with van der Waals surface area (Å²) in [7, 11) is 0. The summed E-state index contributed by atoms with van der Waals surface area (Å²) in [5.41, 5.74) is 0.741. The maximum absolute atomic E-state index is 13.3. The molecule has 1 aliphatic rings. The molecule has 0 unspecified atom stereocenters. The molecule has 0 spiro atoms. The van der Waals surface area contributed by atoms with Crippen LogP contribution in [0.15, 0.2) is 54.6 Å². The van der Waals surface area contributed by atoms with Crippen molar-refractivity contribution in [3.8, 4) is 0 Å². The van der Waals surface area contributed by atoms with Crippen molar-refractivity contribution in [1.82, 2.24) is 4.90 Å². The van der Waals surface area contributed by atoms with Crippen molar-refractivity contribution in [2.75, 3.05) is 24.6 Å². The number of hydrogen-bond donors (Lipinski definition) is 2. The molecular weight excluding hydrogens is 488 g/mol. The lowest BCUT2D eigenvalue weighted by Gasteiger charge is -2.46. The van der Waals surface area contributed by atoms with Crippen molar-refractivity contribution >= 4 is 41.1 Å². The number of nitrogens with zero attached hydrogens (tertiary/aromatic N) is 2. The number of anilines is 1. The molecule has 2 aromatic rings. The number of para-hydroxylation sites is 1. The maximum Gasteiger partial charge on any atom is 0.414 e. The number of ether oxygens (including phenoxy) is 1. The van der Waals surface area contributed by atoms with Crippen LogP contribution in [-0.2, 0) is 30.5 Å². The van der Waals surface area contributed by atoms with Gasteiger partial charge in [-0.1, -0.05) is 61.0 Å². The molecule has 0 radical (unpaired) electrons. The summed E-state index contributed by atoms with van der Waals surface area (Å²) in [4.78, 5) is 48.5. The number of carboxylic acid groups (broad SMARTS) is 2. The first-order valence-electron chi connectivity index (χ1n) is 11.6. The van der Waals surface area contributed by atoms with Gasteiger partial charge in [-0.2, -0.15) is 0 Å². The summed E-state index contributed by atoms with van der Waals surface area (Å²) < 4.78 is 5.48. The number of aliphatic carboxylic acids is 2. The molecule has 0 atom stereocenters. The van der Waals surface area contributed by atoms with Gasteiger partial charge in [-0.15, -0.1) is 0 Å². The van der Waals surface area contributed by atoms with Crippen molar-refractivity contribution in [3.63, 3.8) is 0 Å². The molecule has 10 heteroatoms. The molecule has 1 saturated heterocycles. The second-order valence-corrected chi connectivity index (χ2v) is 8.57. The first-order chi connectivity index (χ1) is 17.2. The van der Waals surface area contributed by atoms with Gasteiger partial charge >= 0.3 is 17.9 Å². The second kappa shape index (κ2) is 13.6. The van der Waals surface area contributed by atoms with Crippen LogP contribution in [0.4, 0.5) is 5.69 Å². The number of rotatable bonds is 7. The first kappa shape index (κ1) is 28.8.